The van der Waals surface area contributed by atoms with E-state index in [-0.39, 0.29) is 19.6 Å². The van der Waals surface area contributed by atoms with Crippen LogP contribution in [0.4, 0.5) is 9.59 Å². The van der Waals surface area contributed by atoms with Crippen LogP contribution in [0.2, 0.25) is 0 Å². The van der Waals surface area contributed by atoms with E-state index in [9.17, 15) is 14.4 Å². The second kappa shape index (κ2) is 8.11. The molecule has 0 spiro atoms. The average Bonchev–Trinajstić information content (AvgIpc) is 2.49. The standard InChI is InChI=1S/C17H31N3O6/c1-16(2,3)25-14(22)19-9-10-20(15(23)26-17(4,5)6)12(11-19)13(21)18(7)24-8/h12H,9-11H2,1-8H3. The molecule has 0 aromatic carbocycles. The second-order valence-corrected chi connectivity index (χ2v) is 8.13. The summed E-state index contributed by atoms with van der Waals surface area (Å²) in [6.45, 7) is 11.0. The van der Waals surface area contributed by atoms with Crippen LogP contribution in [0.1, 0.15) is 41.5 Å². The third kappa shape index (κ3) is 6.36. The Balaban J connectivity index is 2.99. The van der Waals surface area contributed by atoms with Gasteiger partial charge in [0.25, 0.3) is 5.91 Å². The molecule has 3 amide bonds. The van der Waals surface area contributed by atoms with Gasteiger partial charge in [-0.25, -0.2) is 14.7 Å². The van der Waals surface area contributed by atoms with Gasteiger partial charge in [0.1, 0.15) is 17.2 Å². The second-order valence-electron chi connectivity index (χ2n) is 8.13. The molecule has 26 heavy (non-hydrogen) atoms. The third-order valence-corrected chi connectivity index (χ3v) is 3.53. The van der Waals surface area contributed by atoms with Gasteiger partial charge in [0.2, 0.25) is 0 Å². The fourth-order valence-electron chi connectivity index (χ4n) is 2.33. The van der Waals surface area contributed by atoms with E-state index in [0.29, 0.717) is 0 Å². The minimum absolute atomic E-state index is 0.000684. The molecule has 9 heteroatoms. The first kappa shape index (κ1) is 22.0. The van der Waals surface area contributed by atoms with Crippen molar-refractivity contribution in [1.29, 1.82) is 0 Å². The number of carbonyl (C=O) groups is 3. The Labute approximate surface area is 155 Å². The van der Waals surface area contributed by atoms with E-state index in [2.05, 4.69) is 0 Å². The average molecular weight is 373 g/mol. The van der Waals surface area contributed by atoms with Gasteiger partial charge in [0.05, 0.1) is 13.7 Å². The molecule has 1 rings (SSSR count). The Hall–Kier alpha value is -2.03. The summed E-state index contributed by atoms with van der Waals surface area (Å²) < 4.78 is 10.8. The van der Waals surface area contributed by atoms with Gasteiger partial charge in [-0.2, -0.15) is 0 Å². The van der Waals surface area contributed by atoms with E-state index >= 15 is 0 Å². The third-order valence-electron chi connectivity index (χ3n) is 3.53. The lowest BCUT2D eigenvalue weighted by Crippen LogP contribution is -2.62. The van der Waals surface area contributed by atoms with Crippen LogP contribution in [-0.4, -0.2) is 84.0 Å². The first-order valence-corrected chi connectivity index (χ1v) is 8.54. The Morgan fingerprint density at radius 2 is 1.42 bits per heavy atom. The van der Waals surface area contributed by atoms with Crippen molar-refractivity contribution in [2.45, 2.75) is 58.8 Å². The van der Waals surface area contributed by atoms with E-state index < -0.39 is 35.3 Å². The lowest BCUT2D eigenvalue weighted by Gasteiger charge is -2.41. The van der Waals surface area contributed by atoms with E-state index in [1.165, 1.54) is 24.0 Å². The molecule has 1 atom stereocenters. The highest BCUT2D eigenvalue weighted by Crippen LogP contribution is 2.19. The number of hydrogen-bond acceptors (Lipinski definition) is 6. The number of likely N-dealkylation sites (N-methyl/N-ethyl adjacent to an activating group) is 1. The molecule has 150 valence electrons. The maximum atomic E-state index is 12.6. The van der Waals surface area contributed by atoms with Crippen LogP contribution < -0.4 is 0 Å². The van der Waals surface area contributed by atoms with Crippen LogP contribution in [0.25, 0.3) is 0 Å². The zero-order valence-corrected chi connectivity index (χ0v) is 17.0. The number of nitrogens with zero attached hydrogens (tertiary/aromatic N) is 3. The zero-order chi connectivity index (χ0) is 20.3. The summed E-state index contributed by atoms with van der Waals surface area (Å²) in [4.78, 5) is 45.2. The number of rotatable bonds is 2. The smallest absolute Gasteiger partial charge is 0.411 e. The predicted octanol–water partition coefficient (Wildman–Crippen LogP) is 1.86. The molecule has 9 nitrogen and oxygen atoms in total. The number of hydrogen-bond donors (Lipinski definition) is 0. The molecule has 1 fully saturated rings. The van der Waals surface area contributed by atoms with Crippen LogP contribution in [0.5, 0.6) is 0 Å². The zero-order valence-electron chi connectivity index (χ0n) is 17.0. The SMILES string of the molecule is CON(C)C(=O)C1CN(C(=O)OC(C)(C)C)CCN1C(=O)OC(C)(C)C. The summed E-state index contributed by atoms with van der Waals surface area (Å²) in [5, 5.41) is 1.03. The molecule has 1 saturated heterocycles. The normalized spacial score (nSPS) is 18.4. The fourth-order valence-corrected chi connectivity index (χ4v) is 2.33. The number of carbonyl (C=O) groups excluding carboxylic acids is 3. The Morgan fingerprint density at radius 3 is 1.88 bits per heavy atom. The van der Waals surface area contributed by atoms with Gasteiger partial charge in [0, 0.05) is 20.1 Å². The predicted molar refractivity (Wildman–Crippen MR) is 94.3 cm³/mol. The number of amides is 3. The van der Waals surface area contributed by atoms with Crippen molar-refractivity contribution in [2.24, 2.45) is 0 Å². The van der Waals surface area contributed by atoms with Gasteiger partial charge in [-0.05, 0) is 41.5 Å². The monoisotopic (exact) mass is 373 g/mol. The van der Waals surface area contributed by atoms with Crippen LogP contribution >= 0.6 is 0 Å². The molecule has 1 heterocycles. The van der Waals surface area contributed by atoms with Crippen molar-refractivity contribution < 1.29 is 28.7 Å². The molecule has 0 radical (unpaired) electrons. The van der Waals surface area contributed by atoms with Gasteiger partial charge in [-0.15, -0.1) is 0 Å². The molecular formula is C17H31N3O6. The van der Waals surface area contributed by atoms with Crippen LogP contribution in [0.3, 0.4) is 0 Å². The minimum atomic E-state index is -0.920. The van der Waals surface area contributed by atoms with Gasteiger partial charge < -0.3 is 14.4 Å². The summed E-state index contributed by atoms with van der Waals surface area (Å²) in [7, 11) is 2.80. The maximum absolute atomic E-state index is 12.6. The number of ether oxygens (including phenoxy) is 2. The topological polar surface area (TPSA) is 88.6 Å². The molecular weight excluding hydrogens is 342 g/mol. The van der Waals surface area contributed by atoms with Crippen molar-refractivity contribution in [1.82, 2.24) is 14.9 Å². The first-order chi connectivity index (χ1) is 11.7. The van der Waals surface area contributed by atoms with E-state index in [1.54, 1.807) is 41.5 Å². The van der Waals surface area contributed by atoms with Crippen molar-refractivity contribution >= 4 is 18.1 Å². The summed E-state index contributed by atoms with van der Waals surface area (Å²) in [5.41, 5.74) is -1.34. The highest BCUT2D eigenvalue weighted by Gasteiger charge is 2.41. The number of hydroxylamine groups is 2. The lowest BCUT2D eigenvalue weighted by atomic mass is 10.1. The van der Waals surface area contributed by atoms with Gasteiger partial charge >= 0.3 is 12.2 Å². The lowest BCUT2D eigenvalue weighted by molar-refractivity contribution is -0.176. The van der Waals surface area contributed by atoms with Gasteiger partial charge in [-0.3, -0.25) is 14.5 Å². The molecule has 0 aromatic heterocycles. The molecule has 1 aliphatic rings. The van der Waals surface area contributed by atoms with Gasteiger partial charge in [0.15, 0.2) is 0 Å². The van der Waals surface area contributed by atoms with Crippen molar-refractivity contribution in [3.05, 3.63) is 0 Å². The molecule has 1 aliphatic heterocycles. The largest absolute Gasteiger partial charge is 0.444 e. The van der Waals surface area contributed by atoms with Crippen LogP contribution in [-0.2, 0) is 19.1 Å². The summed E-state index contributed by atoms with van der Waals surface area (Å²) in [5.74, 6) is -0.452. The van der Waals surface area contributed by atoms with Crippen LogP contribution in [0, 0.1) is 0 Å². The van der Waals surface area contributed by atoms with E-state index in [4.69, 9.17) is 14.3 Å². The van der Waals surface area contributed by atoms with E-state index in [1.807, 2.05) is 0 Å². The van der Waals surface area contributed by atoms with Crippen molar-refractivity contribution in [3.63, 3.8) is 0 Å². The molecule has 0 aromatic rings. The summed E-state index contributed by atoms with van der Waals surface area (Å²) >= 11 is 0. The Morgan fingerprint density at radius 1 is 0.923 bits per heavy atom. The molecule has 0 aliphatic carbocycles. The van der Waals surface area contributed by atoms with Crippen molar-refractivity contribution in [3.8, 4) is 0 Å². The maximum Gasteiger partial charge on any atom is 0.411 e. The first-order valence-electron chi connectivity index (χ1n) is 8.54. The van der Waals surface area contributed by atoms with E-state index in [0.717, 1.165) is 5.06 Å². The highest BCUT2D eigenvalue weighted by molar-refractivity contribution is 5.86. The van der Waals surface area contributed by atoms with Gasteiger partial charge in [-0.1, -0.05) is 0 Å². The highest BCUT2D eigenvalue weighted by atomic mass is 16.7. The quantitative estimate of drug-likeness (QED) is 0.687. The van der Waals surface area contributed by atoms with Crippen molar-refractivity contribution in [2.75, 3.05) is 33.8 Å². The minimum Gasteiger partial charge on any atom is -0.444 e. The summed E-state index contributed by atoms with van der Waals surface area (Å²) in [6.07, 6.45) is -1.14. The fraction of sp³-hybridized carbons (Fsp3) is 0.824. The molecule has 1 unspecified atom stereocenters. The van der Waals surface area contributed by atoms with Crippen LogP contribution in [0.15, 0.2) is 0 Å². The molecule has 0 bridgehead atoms. The summed E-state index contributed by atoms with van der Waals surface area (Å²) in [6, 6.07) is -0.920. The number of piperazine rings is 1. The Bertz CT molecular complexity index is 538. The molecule has 0 N–H and O–H groups in total. The Kier molecular flexibility index (Phi) is 6.87. The molecule has 0 saturated carbocycles.